The number of nitrogens with zero attached hydrogens (tertiary/aromatic N) is 2. The van der Waals surface area contributed by atoms with Crippen LogP contribution in [0.2, 0.25) is 0 Å². The first kappa shape index (κ1) is 14.2. The van der Waals surface area contributed by atoms with Gasteiger partial charge in [0, 0.05) is 19.2 Å². The summed E-state index contributed by atoms with van der Waals surface area (Å²) in [6, 6.07) is 6.86. The van der Waals surface area contributed by atoms with Gasteiger partial charge in [-0.1, -0.05) is 6.07 Å². The van der Waals surface area contributed by atoms with E-state index in [2.05, 4.69) is 26.5 Å². The molecule has 0 saturated carbocycles. The molecule has 0 bridgehead atoms. The lowest BCUT2D eigenvalue weighted by atomic mass is 10.0. The molecule has 6 heteroatoms. The number of nitrogens with two attached hydrogens (primary N) is 1. The van der Waals surface area contributed by atoms with E-state index in [0.717, 1.165) is 17.0 Å². The summed E-state index contributed by atoms with van der Waals surface area (Å²) in [6.45, 7) is 1.94. The maximum absolute atomic E-state index is 13.6. The van der Waals surface area contributed by atoms with Crippen molar-refractivity contribution in [2.75, 3.05) is 0 Å². The molecule has 0 saturated heterocycles. The second kappa shape index (κ2) is 5.81. The standard InChI is InChI=1S/C13H16BrFN4/c1-8-5-10(19(2)18-8)7-13(17-16)9-3-4-11(14)12(15)6-9/h3-6,13,17H,7,16H2,1-2H3. The van der Waals surface area contributed by atoms with Crippen LogP contribution in [-0.4, -0.2) is 9.78 Å². The van der Waals surface area contributed by atoms with Crippen molar-refractivity contribution >= 4 is 15.9 Å². The van der Waals surface area contributed by atoms with Gasteiger partial charge in [-0.2, -0.15) is 5.10 Å². The fourth-order valence-corrected chi connectivity index (χ4v) is 2.31. The maximum atomic E-state index is 13.6. The number of hydrogen-bond donors (Lipinski definition) is 2. The Kier molecular flexibility index (Phi) is 4.34. The molecule has 3 N–H and O–H groups in total. The third kappa shape index (κ3) is 3.20. The Morgan fingerprint density at radius 2 is 2.21 bits per heavy atom. The minimum absolute atomic E-state index is 0.155. The highest BCUT2D eigenvalue weighted by atomic mass is 79.9. The minimum Gasteiger partial charge on any atom is -0.272 e. The topological polar surface area (TPSA) is 55.9 Å². The lowest BCUT2D eigenvalue weighted by Crippen LogP contribution is -2.30. The monoisotopic (exact) mass is 326 g/mol. The molecule has 0 fully saturated rings. The first-order valence-corrected chi connectivity index (χ1v) is 6.71. The number of rotatable bonds is 4. The van der Waals surface area contributed by atoms with Crippen LogP contribution < -0.4 is 11.3 Å². The van der Waals surface area contributed by atoms with Crippen molar-refractivity contribution in [2.45, 2.75) is 19.4 Å². The normalized spacial score (nSPS) is 12.7. The fraction of sp³-hybridized carbons (Fsp3) is 0.308. The SMILES string of the molecule is Cc1cc(CC(NN)c2ccc(Br)c(F)c2)n(C)n1. The van der Waals surface area contributed by atoms with Gasteiger partial charge in [-0.3, -0.25) is 16.0 Å². The highest BCUT2D eigenvalue weighted by Gasteiger charge is 2.15. The molecule has 0 amide bonds. The quantitative estimate of drug-likeness (QED) is 0.670. The summed E-state index contributed by atoms with van der Waals surface area (Å²) in [4.78, 5) is 0. The number of hydrazine groups is 1. The third-order valence-electron chi connectivity index (χ3n) is 3.06. The summed E-state index contributed by atoms with van der Waals surface area (Å²) < 4.78 is 15.8. The summed E-state index contributed by atoms with van der Waals surface area (Å²) in [6.07, 6.45) is 0.648. The molecule has 2 rings (SSSR count). The lowest BCUT2D eigenvalue weighted by Gasteiger charge is -2.16. The maximum Gasteiger partial charge on any atom is 0.137 e. The Balaban J connectivity index is 2.24. The van der Waals surface area contributed by atoms with Crippen LogP contribution in [0.25, 0.3) is 0 Å². The Bertz CT molecular complexity index is 582. The molecule has 0 aliphatic heterocycles. The summed E-state index contributed by atoms with van der Waals surface area (Å²) in [7, 11) is 1.89. The molecule has 1 aromatic carbocycles. The zero-order valence-corrected chi connectivity index (χ0v) is 12.4. The van der Waals surface area contributed by atoms with Crippen LogP contribution in [0.4, 0.5) is 4.39 Å². The smallest absolute Gasteiger partial charge is 0.137 e. The molecule has 0 spiro atoms. The van der Waals surface area contributed by atoms with Gasteiger partial charge in [-0.25, -0.2) is 4.39 Å². The molecular formula is C13H16BrFN4. The third-order valence-corrected chi connectivity index (χ3v) is 3.70. The van der Waals surface area contributed by atoms with Crippen molar-refractivity contribution in [3.05, 3.63) is 51.5 Å². The predicted octanol–water partition coefficient (Wildman–Crippen LogP) is 2.38. The van der Waals surface area contributed by atoms with Gasteiger partial charge in [-0.05, 0) is 46.6 Å². The molecule has 4 nitrogen and oxygen atoms in total. The van der Waals surface area contributed by atoms with E-state index in [4.69, 9.17) is 5.84 Å². The van der Waals surface area contributed by atoms with E-state index in [-0.39, 0.29) is 11.9 Å². The van der Waals surface area contributed by atoms with Gasteiger partial charge in [-0.15, -0.1) is 0 Å². The van der Waals surface area contributed by atoms with Crippen molar-refractivity contribution in [1.82, 2.24) is 15.2 Å². The van der Waals surface area contributed by atoms with Crippen LogP contribution in [0.15, 0.2) is 28.7 Å². The average Bonchev–Trinajstić information content (AvgIpc) is 2.68. The molecule has 2 aromatic rings. The van der Waals surface area contributed by atoms with E-state index in [9.17, 15) is 4.39 Å². The van der Waals surface area contributed by atoms with Gasteiger partial charge in [0.25, 0.3) is 0 Å². The molecule has 1 unspecified atom stereocenters. The summed E-state index contributed by atoms with van der Waals surface area (Å²) in [5, 5.41) is 4.29. The summed E-state index contributed by atoms with van der Waals surface area (Å²) in [5.41, 5.74) is 5.53. The van der Waals surface area contributed by atoms with Gasteiger partial charge >= 0.3 is 0 Å². The van der Waals surface area contributed by atoms with Crippen molar-refractivity contribution in [1.29, 1.82) is 0 Å². The first-order chi connectivity index (χ1) is 9.01. The van der Waals surface area contributed by atoms with Gasteiger partial charge < -0.3 is 0 Å². The first-order valence-electron chi connectivity index (χ1n) is 5.92. The van der Waals surface area contributed by atoms with Crippen LogP contribution >= 0.6 is 15.9 Å². The Morgan fingerprint density at radius 1 is 1.47 bits per heavy atom. The zero-order chi connectivity index (χ0) is 14.0. The van der Waals surface area contributed by atoms with Crippen LogP contribution in [0.3, 0.4) is 0 Å². The van der Waals surface area contributed by atoms with Gasteiger partial charge in [0.1, 0.15) is 5.82 Å². The van der Waals surface area contributed by atoms with Crippen LogP contribution in [0.1, 0.15) is 23.0 Å². The largest absolute Gasteiger partial charge is 0.272 e. The molecular weight excluding hydrogens is 311 g/mol. The summed E-state index contributed by atoms with van der Waals surface area (Å²) in [5.74, 6) is 5.29. The van der Waals surface area contributed by atoms with Crippen LogP contribution in [-0.2, 0) is 13.5 Å². The molecule has 102 valence electrons. The fourth-order valence-electron chi connectivity index (χ4n) is 2.07. The Labute approximate surface area is 119 Å². The second-order valence-electron chi connectivity index (χ2n) is 4.50. The Hall–Kier alpha value is -1.24. The Morgan fingerprint density at radius 3 is 2.74 bits per heavy atom. The number of aryl methyl sites for hydroxylation is 2. The van der Waals surface area contributed by atoms with Crippen LogP contribution in [0, 0.1) is 12.7 Å². The van der Waals surface area contributed by atoms with E-state index < -0.39 is 0 Å². The lowest BCUT2D eigenvalue weighted by molar-refractivity contribution is 0.524. The molecule has 0 radical (unpaired) electrons. The van der Waals surface area contributed by atoms with Crippen molar-refractivity contribution in [2.24, 2.45) is 12.9 Å². The van der Waals surface area contributed by atoms with E-state index in [1.165, 1.54) is 6.07 Å². The number of halogens is 2. The highest BCUT2D eigenvalue weighted by Crippen LogP contribution is 2.23. The van der Waals surface area contributed by atoms with Crippen molar-refractivity contribution in [3.8, 4) is 0 Å². The molecule has 19 heavy (non-hydrogen) atoms. The number of hydrogen-bond acceptors (Lipinski definition) is 3. The average molecular weight is 327 g/mol. The highest BCUT2D eigenvalue weighted by molar-refractivity contribution is 9.10. The van der Waals surface area contributed by atoms with E-state index in [1.54, 1.807) is 6.07 Å². The number of nitrogens with one attached hydrogen (secondary N) is 1. The van der Waals surface area contributed by atoms with E-state index in [0.29, 0.717) is 10.9 Å². The molecule has 1 atom stereocenters. The molecule has 1 heterocycles. The zero-order valence-electron chi connectivity index (χ0n) is 10.8. The minimum atomic E-state index is -0.293. The van der Waals surface area contributed by atoms with Crippen molar-refractivity contribution < 1.29 is 4.39 Å². The predicted molar refractivity (Wildman–Crippen MR) is 75.8 cm³/mol. The second-order valence-corrected chi connectivity index (χ2v) is 5.35. The van der Waals surface area contributed by atoms with Gasteiger partial charge in [0.2, 0.25) is 0 Å². The molecule has 1 aromatic heterocycles. The van der Waals surface area contributed by atoms with Gasteiger partial charge in [0.05, 0.1) is 16.2 Å². The number of aromatic nitrogens is 2. The van der Waals surface area contributed by atoms with Crippen molar-refractivity contribution in [3.63, 3.8) is 0 Å². The van der Waals surface area contributed by atoms with E-state index >= 15 is 0 Å². The number of benzene rings is 1. The van der Waals surface area contributed by atoms with Crippen LogP contribution in [0.5, 0.6) is 0 Å². The molecule has 0 aliphatic carbocycles. The molecule has 0 aliphatic rings. The van der Waals surface area contributed by atoms with E-state index in [1.807, 2.05) is 30.8 Å². The summed E-state index contributed by atoms with van der Waals surface area (Å²) >= 11 is 3.14. The van der Waals surface area contributed by atoms with Gasteiger partial charge in [0.15, 0.2) is 0 Å².